The normalized spacial score (nSPS) is 20.1. The Hall–Kier alpha value is -2.07. The molecule has 0 radical (unpaired) electrons. The Labute approximate surface area is 132 Å². The fourth-order valence-electron chi connectivity index (χ4n) is 2.98. The average molecular weight is 320 g/mol. The highest BCUT2D eigenvalue weighted by atomic mass is 35.5. The van der Waals surface area contributed by atoms with E-state index in [0.717, 1.165) is 11.1 Å². The molecule has 5 heteroatoms. The molecular formula is C17H15ClFNO2. The van der Waals surface area contributed by atoms with E-state index in [2.05, 4.69) is 5.32 Å². The van der Waals surface area contributed by atoms with Gasteiger partial charge in [0.1, 0.15) is 11.9 Å². The largest absolute Gasteiger partial charge is 0.480 e. The molecule has 0 saturated heterocycles. The quantitative estimate of drug-likeness (QED) is 0.872. The predicted octanol–water partition coefficient (Wildman–Crippen LogP) is 4.19. The van der Waals surface area contributed by atoms with Crippen molar-refractivity contribution in [3.63, 3.8) is 0 Å². The number of carboxylic acid groups (broad SMARTS) is 1. The van der Waals surface area contributed by atoms with E-state index in [4.69, 9.17) is 11.6 Å². The van der Waals surface area contributed by atoms with E-state index in [-0.39, 0.29) is 11.6 Å². The van der Waals surface area contributed by atoms with Crippen LogP contribution in [0.2, 0.25) is 5.02 Å². The minimum atomic E-state index is -0.988. The molecule has 0 bridgehead atoms. The summed E-state index contributed by atoms with van der Waals surface area (Å²) in [6.45, 7) is 1.97. The van der Waals surface area contributed by atoms with E-state index < -0.39 is 17.8 Å². The van der Waals surface area contributed by atoms with Crippen LogP contribution < -0.4 is 5.32 Å². The molecule has 1 aliphatic rings. The number of hydrogen-bond acceptors (Lipinski definition) is 2. The molecule has 3 rings (SSSR count). The number of aliphatic carboxylic acids is 1. The number of benzene rings is 2. The number of carboxylic acids is 1. The highest BCUT2D eigenvalue weighted by Gasteiger charge is 2.33. The van der Waals surface area contributed by atoms with E-state index in [1.165, 1.54) is 6.07 Å². The smallest absolute Gasteiger partial charge is 0.326 e. The Bertz CT molecular complexity index is 747. The maximum Gasteiger partial charge on any atom is 0.326 e. The van der Waals surface area contributed by atoms with Crippen molar-refractivity contribution in [1.29, 1.82) is 0 Å². The molecule has 2 aromatic carbocycles. The molecule has 0 saturated carbocycles. The fraction of sp³-hybridized carbons (Fsp3) is 0.235. The van der Waals surface area contributed by atoms with Crippen LogP contribution in [0.3, 0.4) is 0 Å². The maximum absolute atomic E-state index is 14.2. The van der Waals surface area contributed by atoms with Crippen LogP contribution in [0.1, 0.15) is 29.0 Å². The number of rotatable bonds is 2. The Balaban J connectivity index is 2.15. The second-order valence-corrected chi connectivity index (χ2v) is 6.03. The van der Waals surface area contributed by atoms with Crippen molar-refractivity contribution >= 4 is 23.3 Å². The average Bonchev–Trinajstić information content (AvgIpc) is 2.46. The third-order valence-corrected chi connectivity index (χ3v) is 4.21. The molecule has 22 heavy (non-hydrogen) atoms. The Morgan fingerprint density at radius 2 is 2.14 bits per heavy atom. The Kier molecular flexibility index (Phi) is 3.79. The number of hydrogen-bond donors (Lipinski definition) is 2. The summed E-state index contributed by atoms with van der Waals surface area (Å²) < 4.78 is 14.2. The van der Waals surface area contributed by atoms with Crippen molar-refractivity contribution in [1.82, 2.24) is 0 Å². The van der Waals surface area contributed by atoms with E-state index in [0.29, 0.717) is 17.0 Å². The SMILES string of the molecule is Cc1cccc(C2CC(C(=O)O)Nc3c(F)cc(Cl)cc32)c1. The van der Waals surface area contributed by atoms with Crippen molar-refractivity contribution in [2.75, 3.05) is 5.32 Å². The molecule has 0 aliphatic carbocycles. The van der Waals surface area contributed by atoms with Gasteiger partial charge in [-0.15, -0.1) is 0 Å². The first kappa shape index (κ1) is 14.9. The van der Waals surface area contributed by atoms with Gasteiger partial charge in [-0.1, -0.05) is 41.4 Å². The van der Waals surface area contributed by atoms with Gasteiger partial charge in [-0.3, -0.25) is 0 Å². The van der Waals surface area contributed by atoms with Crippen LogP contribution in [0, 0.1) is 12.7 Å². The first-order valence-corrected chi connectivity index (χ1v) is 7.38. The van der Waals surface area contributed by atoms with Crippen molar-refractivity contribution < 1.29 is 14.3 Å². The van der Waals surface area contributed by atoms with E-state index in [9.17, 15) is 14.3 Å². The molecule has 2 aromatic rings. The highest BCUT2D eigenvalue weighted by Crippen LogP contribution is 2.41. The molecule has 2 atom stereocenters. The Morgan fingerprint density at radius 1 is 1.36 bits per heavy atom. The molecule has 0 amide bonds. The molecule has 1 aliphatic heterocycles. The molecule has 2 unspecified atom stereocenters. The molecule has 0 fully saturated rings. The maximum atomic E-state index is 14.2. The lowest BCUT2D eigenvalue weighted by molar-refractivity contribution is -0.138. The van der Waals surface area contributed by atoms with Gasteiger partial charge in [-0.25, -0.2) is 9.18 Å². The summed E-state index contributed by atoms with van der Waals surface area (Å²) in [7, 11) is 0. The zero-order valence-electron chi connectivity index (χ0n) is 11.9. The first-order valence-electron chi connectivity index (χ1n) is 7.00. The van der Waals surface area contributed by atoms with E-state index >= 15 is 0 Å². The number of nitrogens with one attached hydrogen (secondary N) is 1. The molecule has 3 nitrogen and oxygen atoms in total. The lowest BCUT2D eigenvalue weighted by Crippen LogP contribution is -2.36. The minimum absolute atomic E-state index is 0.203. The summed E-state index contributed by atoms with van der Waals surface area (Å²) in [5.74, 6) is -1.71. The van der Waals surface area contributed by atoms with E-state index in [1.54, 1.807) is 6.07 Å². The van der Waals surface area contributed by atoms with Gasteiger partial charge in [-0.05, 0) is 36.6 Å². The van der Waals surface area contributed by atoms with Crippen molar-refractivity contribution in [2.45, 2.75) is 25.3 Å². The van der Waals surface area contributed by atoms with Crippen LogP contribution in [0.15, 0.2) is 36.4 Å². The lowest BCUT2D eigenvalue weighted by Gasteiger charge is -2.32. The van der Waals surface area contributed by atoms with Crippen LogP contribution >= 0.6 is 11.6 Å². The van der Waals surface area contributed by atoms with Crippen molar-refractivity contribution in [2.24, 2.45) is 0 Å². The number of anilines is 1. The minimum Gasteiger partial charge on any atom is -0.480 e. The molecule has 1 heterocycles. The number of fused-ring (bicyclic) bond motifs is 1. The Morgan fingerprint density at radius 3 is 2.82 bits per heavy atom. The third kappa shape index (κ3) is 2.66. The van der Waals surface area contributed by atoms with Crippen LogP contribution in [-0.4, -0.2) is 17.1 Å². The highest BCUT2D eigenvalue weighted by molar-refractivity contribution is 6.30. The summed E-state index contributed by atoms with van der Waals surface area (Å²) in [5.41, 5.74) is 2.98. The molecule has 0 spiro atoms. The van der Waals surface area contributed by atoms with Gasteiger partial charge in [0.15, 0.2) is 0 Å². The predicted molar refractivity (Wildman–Crippen MR) is 84.1 cm³/mol. The fourth-order valence-corrected chi connectivity index (χ4v) is 3.19. The van der Waals surface area contributed by atoms with Crippen LogP contribution in [0.5, 0.6) is 0 Å². The standard InChI is InChI=1S/C17H15ClFNO2/c1-9-3-2-4-10(5-9)12-8-15(17(21)22)20-16-13(12)6-11(18)7-14(16)19/h2-7,12,15,20H,8H2,1H3,(H,21,22). The van der Waals surface area contributed by atoms with Gasteiger partial charge in [-0.2, -0.15) is 0 Å². The van der Waals surface area contributed by atoms with Gasteiger partial charge in [0.2, 0.25) is 0 Å². The zero-order valence-corrected chi connectivity index (χ0v) is 12.7. The van der Waals surface area contributed by atoms with Crippen molar-refractivity contribution in [3.8, 4) is 0 Å². The van der Waals surface area contributed by atoms with Crippen LogP contribution in [0.4, 0.5) is 10.1 Å². The first-order chi connectivity index (χ1) is 10.5. The third-order valence-electron chi connectivity index (χ3n) is 3.99. The number of carbonyl (C=O) groups is 1. The van der Waals surface area contributed by atoms with Gasteiger partial charge in [0, 0.05) is 10.9 Å². The summed E-state index contributed by atoms with van der Waals surface area (Å²) in [4.78, 5) is 11.4. The summed E-state index contributed by atoms with van der Waals surface area (Å²) in [6, 6.07) is 9.90. The topological polar surface area (TPSA) is 49.3 Å². The summed E-state index contributed by atoms with van der Waals surface area (Å²) in [6.07, 6.45) is 0.353. The van der Waals surface area contributed by atoms with Gasteiger partial charge in [0.25, 0.3) is 0 Å². The number of aryl methyl sites for hydroxylation is 1. The number of halogens is 2. The van der Waals surface area contributed by atoms with Gasteiger partial charge < -0.3 is 10.4 Å². The molecule has 2 N–H and O–H groups in total. The zero-order chi connectivity index (χ0) is 15.9. The van der Waals surface area contributed by atoms with Gasteiger partial charge in [0.05, 0.1) is 5.69 Å². The second kappa shape index (κ2) is 5.61. The summed E-state index contributed by atoms with van der Waals surface area (Å²) >= 11 is 5.98. The van der Waals surface area contributed by atoms with Crippen LogP contribution in [0.25, 0.3) is 0 Å². The molecule has 0 aromatic heterocycles. The molecule has 114 valence electrons. The van der Waals surface area contributed by atoms with E-state index in [1.807, 2.05) is 31.2 Å². The lowest BCUT2D eigenvalue weighted by atomic mass is 9.81. The second-order valence-electron chi connectivity index (χ2n) is 5.59. The van der Waals surface area contributed by atoms with Crippen molar-refractivity contribution in [3.05, 3.63) is 63.9 Å². The van der Waals surface area contributed by atoms with Gasteiger partial charge >= 0.3 is 5.97 Å². The summed E-state index contributed by atoms with van der Waals surface area (Å²) in [5, 5.41) is 12.4. The molecular weight excluding hydrogens is 305 g/mol. The monoisotopic (exact) mass is 319 g/mol. The van der Waals surface area contributed by atoms with Crippen LogP contribution in [-0.2, 0) is 4.79 Å².